The third-order valence-electron chi connectivity index (χ3n) is 4.17. The molecule has 1 aliphatic rings. The van der Waals surface area contributed by atoms with E-state index >= 15 is 0 Å². The quantitative estimate of drug-likeness (QED) is 0.880. The van der Waals surface area contributed by atoms with Gasteiger partial charge in [-0.3, -0.25) is 4.79 Å². The molecule has 0 radical (unpaired) electrons. The smallest absolute Gasteiger partial charge is 0.247 e. The van der Waals surface area contributed by atoms with E-state index < -0.39 is 6.10 Å². The van der Waals surface area contributed by atoms with Gasteiger partial charge in [-0.15, -0.1) is 0 Å². The van der Waals surface area contributed by atoms with Crippen LogP contribution >= 0.6 is 0 Å². The highest BCUT2D eigenvalue weighted by molar-refractivity contribution is 5.92. The average molecular weight is 323 g/mol. The van der Waals surface area contributed by atoms with E-state index in [1.807, 2.05) is 66.7 Å². The van der Waals surface area contributed by atoms with Gasteiger partial charge < -0.3 is 14.7 Å². The minimum Gasteiger partial charge on any atom is -0.394 e. The predicted octanol–water partition coefficient (Wildman–Crippen LogP) is 2.66. The fourth-order valence-electron chi connectivity index (χ4n) is 3.01. The van der Waals surface area contributed by atoms with E-state index in [1.54, 1.807) is 11.0 Å². The molecule has 3 rings (SSSR count). The highest BCUT2D eigenvalue weighted by atomic mass is 16.5. The summed E-state index contributed by atoms with van der Waals surface area (Å²) in [7, 11) is 0. The van der Waals surface area contributed by atoms with Gasteiger partial charge in [0.15, 0.2) is 0 Å². The molecular weight excluding hydrogens is 302 g/mol. The predicted molar refractivity (Wildman–Crippen MR) is 93.2 cm³/mol. The van der Waals surface area contributed by atoms with Crippen molar-refractivity contribution in [1.82, 2.24) is 4.90 Å². The van der Waals surface area contributed by atoms with Gasteiger partial charge in [0.25, 0.3) is 0 Å². The zero-order chi connectivity index (χ0) is 16.8. The van der Waals surface area contributed by atoms with Crippen LogP contribution in [0.2, 0.25) is 0 Å². The third-order valence-corrected chi connectivity index (χ3v) is 4.17. The minimum absolute atomic E-state index is 0.0746. The number of nitrogens with zero attached hydrogens (tertiary/aromatic N) is 1. The van der Waals surface area contributed by atoms with Crippen LogP contribution in [0.25, 0.3) is 6.08 Å². The maximum absolute atomic E-state index is 12.7. The first-order valence-electron chi connectivity index (χ1n) is 8.11. The molecule has 0 unspecified atom stereocenters. The number of rotatable bonds is 4. The summed E-state index contributed by atoms with van der Waals surface area (Å²) in [6, 6.07) is 19.2. The van der Waals surface area contributed by atoms with Gasteiger partial charge in [0, 0.05) is 12.6 Å². The number of carbonyl (C=O) groups is 1. The Balaban J connectivity index is 1.83. The molecule has 0 bridgehead atoms. The van der Waals surface area contributed by atoms with Crippen LogP contribution in [0.15, 0.2) is 66.7 Å². The Morgan fingerprint density at radius 1 is 1.12 bits per heavy atom. The lowest BCUT2D eigenvalue weighted by molar-refractivity contribution is -0.144. The minimum atomic E-state index is -0.407. The van der Waals surface area contributed by atoms with Crippen LogP contribution in [-0.4, -0.2) is 41.8 Å². The summed E-state index contributed by atoms with van der Waals surface area (Å²) >= 11 is 0. The first-order valence-corrected chi connectivity index (χ1v) is 8.11. The second-order valence-corrected chi connectivity index (χ2v) is 5.72. The Kier molecular flexibility index (Phi) is 5.41. The number of ether oxygens (including phenoxy) is 1. The summed E-state index contributed by atoms with van der Waals surface area (Å²) in [5, 5.41) is 9.65. The highest BCUT2D eigenvalue weighted by Gasteiger charge is 2.35. The summed E-state index contributed by atoms with van der Waals surface area (Å²) in [6.07, 6.45) is 2.99. The molecule has 0 aromatic heterocycles. The van der Waals surface area contributed by atoms with Crippen molar-refractivity contribution in [3.63, 3.8) is 0 Å². The van der Waals surface area contributed by atoms with E-state index in [0.717, 1.165) is 11.1 Å². The van der Waals surface area contributed by atoms with E-state index in [9.17, 15) is 9.90 Å². The molecular formula is C20H21NO3. The molecule has 2 aromatic carbocycles. The van der Waals surface area contributed by atoms with Crippen LogP contribution in [0.1, 0.15) is 17.2 Å². The van der Waals surface area contributed by atoms with E-state index in [2.05, 4.69) is 0 Å². The molecule has 2 aromatic rings. The number of hydrogen-bond donors (Lipinski definition) is 1. The fourth-order valence-corrected chi connectivity index (χ4v) is 3.01. The number of aliphatic hydroxyl groups excluding tert-OH is 1. The fraction of sp³-hybridized carbons (Fsp3) is 0.250. The number of morpholine rings is 1. The van der Waals surface area contributed by atoms with E-state index in [0.29, 0.717) is 13.2 Å². The van der Waals surface area contributed by atoms with Crippen molar-refractivity contribution in [3.8, 4) is 0 Å². The zero-order valence-electron chi connectivity index (χ0n) is 13.4. The first-order chi connectivity index (χ1) is 11.8. The number of aliphatic hydroxyl groups is 1. The van der Waals surface area contributed by atoms with Crippen molar-refractivity contribution >= 4 is 12.0 Å². The van der Waals surface area contributed by atoms with E-state index in [4.69, 9.17) is 4.74 Å². The van der Waals surface area contributed by atoms with Crippen molar-refractivity contribution in [3.05, 3.63) is 77.9 Å². The summed E-state index contributed by atoms with van der Waals surface area (Å²) < 4.78 is 5.67. The molecule has 0 saturated carbocycles. The summed E-state index contributed by atoms with van der Waals surface area (Å²) in [5.74, 6) is -0.0746. The summed E-state index contributed by atoms with van der Waals surface area (Å²) in [6.45, 7) is 0.819. The topological polar surface area (TPSA) is 49.8 Å². The molecule has 1 aliphatic heterocycles. The lowest BCUT2D eigenvalue weighted by Crippen LogP contribution is -2.49. The Labute approximate surface area is 142 Å². The van der Waals surface area contributed by atoms with Gasteiger partial charge in [0.1, 0.15) is 6.10 Å². The number of amides is 1. The summed E-state index contributed by atoms with van der Waals surface area (Å²) in [5.41, 5.74) is 1.95. The van der Waals surface area contributed by atoms with Crippen molar-refractivity contribution in [2.24, 2.45) is 0 Å². The number of carbonyl (C=O) groups excluding carboxylic acids is 1. The molecule has 24 heavy (non-hydrogen) atoms. The molecule has 4 nitrogen and oxygen atoms in total. The monoisotopic (exact) mass is 323 g/mol. The van der Waals surface area contributed by atoms with Crippen molar-refractivity contribution in [1.29, 1.82) is 0 Å². The first kappa shape index (κ1) is 16.4. The van der Waals surface area contributed by atoms with E-state index in [1.165, 1.54) is 0 Å². The van der Waals surface area contributed by atoms with Crippen molar-refractivity contribution in [2.75, 3.05) is 19.8 Å². The van der Waals surface area contributed by atoms with Crippen LogP contribution < -0.4 is 0 Å². The molecule has 124 valence electrons. The lowest BCUT2D eigenvalue weighted by Gasteiger charge is -2.40. The number of hydrogen-bond acceptors (Lipinski definition) is 3. The normalized spacial score (nSPS) is 21.1. The average Bonchev–Trinajstić information content (AvgIpc) is 2.67. The molecule has 1 N–H and O–H groups in total. The maximum atomic E-state index is 12.7. The van der Waals surface area contributed by atoms with Crippen molar-refractivity contribution < 1.29 is 14.6 Å². The van der Waals surface area contributed by atoms with Crippen molar-refractivity contribution in [2.45, 2.75) is 12.1 Å². The Hall–Kier alpha value is -2.43. The molecule has 1 fully saturated rings. The van der Waals surface area contributed by atoms with Crippen LogP contribution in [0.4, 0.5) is 0 Å². The molecule has 1 amide bonds. The lowest BCUT2D eigenvalue weighted by atomic mass is 9.98. The largest absolute Gasteiger partial charge is 0.394 e. The summed E-state index contributed by atoms with van der Waals surface area (Å²) in [4.78, 5) is 14.5. The van der Waals surface area contributed by atoms with E-state index in [-0.39, 0.29) is 18.6 Å². The molecule has 0 aliphatic carbocycles. The van der Waals surface area contributed by atoms with Gasteiger partial charge in [-0.2, -0.15) is 0 Å². The molecule has 4 heteroatoms. The maximum Gasteiger partial charge on any atom is 0.247 e. The van der Waals surface area contributed by atoms with Gasteiger partial charge in [-0.1, -0.05) is 60.7 Å². The van der Waals surface area contributed by atoms with Crippen LogP contribution in [0.5, 0.6) is 0 Å². The third kappa shape index (κ3) is 3.72. The van der Waals surface area contributed by atoms with Gasteiger partial charge in [0.2, 0.25) is 5.91 Å². The van der Waals surface area contributed by atoms with Crippen LogP contribution in [0, 0.1) is 0 Å². The standard InChI is InChI=1S/C20H21NO3/c22-15-18-20(17-9-5-2-6-10-17)21(13-14-24-18)19(23)12-11-16-7-3-1-4-8-16/h1-12,18,20,22H,13-15H2/t18-,20-/m0/s1. The number of benzene rings is 2. The second kappa shape index (κ2) is 7.90. The van der Waals surface area contributed by atoms with Crippen LogP contribution in [0.3, 0.4) is 0 Å². The molecule has 1 saturated heterocycles. The van der Waals surface area contributed by atoms with Crippen LogP contribution in [-0.2, 0) is 9.53 Å². The van der Waals surface area contributed by atoms with Gasteiger partial charge >= 0.3 is 0 Å². The Morgan fingerprint density at radius 2 is 1.79 bits per heavy atom. The zero-order valence-corrected chi connectivity index (χ0v) is 13.4. The Bertz CT molecular complexity index is 685. The molecule has 2 atom stereocenters. The van der Waals surface area contributed by atoms with Gasteiger partial charge in [-0.25, -0.2) is 0 Å². The Morgan fingerprint density at radius 3 is 2.46 bits per heavy atom. The SMILES string of the molecule is O=C(C=Cc1ccccc1)N1CCO[C@@H](CO)[C@@H]1c1ccccc1. The molecule has 0 spiro atoms. The van der Waals surface area contributed by atoms with Gasteiger partial charge in [0.05, 0.1) is 19.3 Å². The molecule has 1 heterocycles. The van der Waals surface area contributed by atoms with Gasteiger partial charge in [-0.05, 0) is 17.2 Å². The highest BCUT2D eigenvalue weighted by Crippen LogP contribution is 2.29. The second-order valence-electron chi connectivity index (χ2n) is 5.72.